The van der Waals surface area contributed by atoms with E-state index in [0.29, 0.717) is 11.3 Å². The molecule has 0 bridgehead atoms. The summed E-state index contributed by atoms with van der Waals surface area (Å²) < 4.78 is 36.7. The van der Waals surface area contributed by atoms with Crippen LogP contribution in [0.3, 0.4) is 0 Å². The number of hydrogen-bond donors (Lipinski definition) is 2. The van der Waals surface area contributed by atoms with Crippen LogP contribution in [0.25, 0.3) is 0 Å². The summed E-state index contributed by atoms with van der Waals surface area (Å²) in [6, 6.07) is 0. The number of carboxylic acid groups (broad SMARTS) is 1. The fourth-order valence-electron chi connectivity index (χ4n) is 2.09. The van der Waals surface area contributed by atoms with Gasteiger partial charge >= 0.3 is 12.1 Å². The summed E-state index contributed by atoms with van der Waals surface area (Å²) in [5, 5.41) is 11.2. The number of carbonyl (C=O) groups is 3. The summed E-state index contributed by atoms with van der Waals surface area (Å²) in [5.41, 5.74) is 0. The largest absolute Gasteiger partial charge is 0.481 e. The lowest BCUT2D eigenvalue weighted by molar-refractivity contribution is -0.157. The molecular weight excluding hydrogens is 293 g/mol. The van der Waals surface area contributed by atoms with Gasteiger partial charge in [0.1, 0.15) is 6.54 Å². The van der Waals surface area contributed by atoms with E-state index in [2.05, 4.69) is 5.32 Å². The van der Waals surface area contributed by atoms with Crippen molar-refractivity contribution in [1.82, 2.24) is 10.2 Å². The van der Waals surface area contributed by atoms with Crippen LogP contribution < -0.4 is 5.32 Å². The minimum atomic E-state index is -4.50. The number of carbonyl (C=O) groups excluding carboxylic acids is 2. The molecule has 2 amide bonds. The first-order valence-corrected chi connectivity index (χ1v) is 6.49. The summed E-state index contributed by atoms with van der Waals surface area (Å²) in [5.74, 6) is -3.99. The Labute approximate surface area is 119 Å². The standard InChI is InChI=1S/C12H17F3N2O4/c1-2-7(11(20)21)4-16-10(19)8-3-9(18)17(5-8)6-12(13,14)15/h7-8H,2-6H2,1H3,(H,16,19)(H,20,21). The number of aliphatic carboxylic acids is 1. The van der Waals surface area contributed by atoms with Crippen LogP contribution in [0, 0.1) is 11.8 Å². The zero-order chi connectivity index (χ0) is 16.2. The summed E-state index contributed by atoms with van der Waals surface area (Å²) in [6.07, 6.45) is -4.47. The third kappa shape index (κ3) is 5.24. The second-order valence-corrected chi connectivity index (χ2v) is 4.98. The van der Waals surface area contributed by atoms with Crippen LogP contribution in [0.5, 0.6) is 0 Å². The van der Waals surface area contributed by atoms with Gasteiger partial charge in [0.05, 0.1) is 11.8 Å². The van der Waals surface area contributed by atoms with Crippen LogP contribution in [-0.2, 0) is 14.4 Å². The molecule has 0 aromatic rings. The van der Waals surface area contributed by atoms with Crippen molar-refractivity contribution in [3.05, 3.63) is 0 Å². The van der Waals surface area contributed by atoms with Crippen molar-refractivity contribution in [3.8, 4) is 0 Å². The van der Waals surface area contributed by atoms with E-state index in [-0.39, 0.29) is 19.5 Å². The van der Waals surface area contributed by atoms with Crippen molar-refractivity contribution in [3.63, 3.8) is 0 Å². The molecule has 1 aliphatic rings. The van der Waals surface area contributed by atoms with E-state index < -0.39 is 42.3 Å². The molecule has 6 nitrogen and oxygen atoms in total. The lowest BCUT2D eigenvalue weighted by atomic mass is 10.1. The predicted molar refractivity (Wildman–Crippen MR) is 65.2 cm³/mol. The van der Waals surface area contributed by atoms with Gasteiger partial charge < -0.3 is 15.3 Å². The highest BCUT2D eigenvalue weighted by molar-refractivity contribution is 5.89. The quantitative estimate of drug-likeness (QED) is 0.753. The molecule has 2 atom stereocenters. The molecule has 0 saturated carbocycles. The van der Waals surface area contributed by atoms with Crippen LogP contribution in [0.1, 0.15) is 19.8 Å². The molecule has 1 fully saturated rings. The first-order valence-electron chi connectivity index (χ1n) is 6.49. The van der Waals surface area contributed by atoms with Gasteiger partial charge in [-0.05, 0) is 6.42 Å². The number of amides is 2. The second kappa shape index (κ2) is 6.77. The number of likely N-dealkylation sites (tertiary alicyclic amines) is 1. The molecule has 2 N–H and O–H groups in total. The van der Waals surface area contributed by atoms with Gasteiger partial charge in [-0.1, -0.05) is 6.92 Å². The lowest BCUT2D eigenvalue weighted by Crippen LogP contribution is -2.39. The molecule has 120 valence electrons. The summed E-state index contributed by atoms with van der Waals surface area (Å²) >= 11 is 0. The molecule has 1 saturated heterocycles. The normalized spacial score (nSPS) is 20.5. The van der Waals surface area contributed by atoms with Crippen LogP contribution in [0.15, 0.2) is 0 Å². The third-order valence-electron chi connectivity index (χ3n) is 3.32. The SMILES string of the molecule is CCC(CNC(=O)C1CC(=O)N(CC(F)(F)F)C1)C(=O)O. The maximum Gasteiger partial charge on any atom is 0.406 e. The monoisotopic (exact) mass is 310 g/mol. The Morgan fingerprint density at radius 1 is 1.48 bits per heavy atom. The first kappa shape index (κ1) is 17.3. The summed E-state index contributed by atoms with van der Waals surface area (Å²) in [7, 11) is 0. The Kier molecular flexibility index (Phi) is 5.56. The number of carboxylic acids is 1. The van der Waals surface area contributed by atoms with Crippen molar-refractivity contribution in [2.75, 3.05) is 19.6 Å². The zero-order valence-electron chi connectivity index (χ0n) is 11.4. The van der Waals surface area contributed by atoms with E-state index in [1.54, 1.807) is 6.92 Å². The maximum absolute atomic E-state index is 12.2. The molecule has 0 radical (unpaired) electrons. The minimum Gasteiger partial charge on any atom is -0.481 e. The van der Waals surface area contributed by atoms with Gasteiger partial charge in [-0.3, -0.25) is 14.4 Å². The van der Waals surface area contributed by atoms with Crippen LogP contribution >= 0.6 is 0 Å². The number of alkyl halides is 3. The summed E-state index contributed by atoms with van der Waals surface area (Å²) in [6.45, 7) is -0.125. The van der Waals surface area contributed by atoms with Crippen LogP contribution in [0.2, 0.25) is 0 Å². The molecule has 0 aromatic carbocycles. The highest BCUT2D eigenvalue weighted by Gasteiger charge is 2.40. The highest BCUT2D eigenvalue weighted by atomic mass is 19.4. The van der Waals surface area contributed by atoms with Crippen LogP contribution in [0.4, 0.5) is 13.2 Å². The van der Waals surface area contributed by atoms with Crippen molar-refractivity contribution < 1.29 is 32.7 Å². The van der Waals surface area contributed by atoms with E-state index >= 15 is 0 Å². The predicted octanol–water partition coefficient (Wildman–Crippen LogP) is 0.624. The van der Waals surface area contributed by atoms with Crippen molar-refractivity contribution >= 4 is 17.8 Å². The fourth-order valence-corrected chi connectivity index (χ4v) is 2.09. The van der Waals surface area contributed by atoms with Crippen molar-refractivity contribution in [2.45, 2.75) is 25.9 Å². The molecule has 0 aliphatic carbocycles. The molecule has 21 heavy (non-hydrogen) atoms. The van der Waals surface area contributed by atoms with Gasteiger partial charge in [-0.2, -0.15) is 13.2 Å². The maximum atomic E-state index is 12.2. The molecule has 2 unspecified atom stereocenters. The summed E-state index contributed by atoms with van der Waals surface area (Å²) in [4.78, 5) is 34.6. The lowest BCUT2D eigenvalue weighted by Gasteiger charge is -2.18. The van der Waals surface area contributed by atoms with Gasteiger partial charge in [0.15, 0.2) is 0 Å². The third-order valence-corrected chi connectivity index (χ3v) is 3.32. The molecule has 1 rings (SSSR count). The average Bonchev–Trinajstić information content (AvgIpc) is 2.69. The molecule has 9 heteroatoms. The molecule has 1 aliphatic heterocycles. The van der Waals surface area contributed by atoms with E-state index in [0.717, 1.165) is 0 Å². The highest BCUT2D eigenvalue weighted by Crippen LogP contribution is 2.23. The van der Waals surface area contributed by atoms with Gasteiger partial charge in [0, 0.05) is 19.5 Å². The second-order valence-electron chi connectivity index (χ2n) is 4.98. The Morgan fingerprint density at radius 2 is 2.10 bits per heavy atom. The van der Waals surface area contributed by atoms with E-state index in [9.17, 15) is 27.6 Å². The van der Waals surface area contributed by atoms with Gasteiger partial charge in [-0.15, -0.1) is 0 Å². The van der Waals surface area contributed by atoms with Gasteiger partial charge in [0.25, 0.3) is 0 Å². The molecule has 0 aromatic heterocycles. The fraction of sp³-hybridized carbons (Fsp3) is 0.750. The van der Waals surface area contributed by atoms with E-state index in [1.165, 1.54) is 0 Å². The van der Waals surface area contributed by atoms with Gasteiger partial charge in [0.2, 0.25) is 11.8 Å². The Bertz CT molecular complexity index is 425. The molecule has 0 spiro atoms. The van der Waals surface area contributed by atoms with Crippen molar-refractivity contribution in [2.24, 2.45) is 11.8 Å². The van der Waals surface area contributed by atoms with Gasteiger partial charge in [-0.25, -0.2) is 0 Å². The Hall–Kier alpha value is -1.80. The molecular formula is C12H17F3N2O4. The number of halogens is 3. The van der Waals surface area contributed by atoms with Crippen molar-refractivity contribution in [1.29, 1.82) is 0 Å². The van der Waals surface area contributed by atoms with E-state index in [4.69, 9.17) is 5.11 Å². The zero-order valence-corrected chi connectivity index (χ0v) is 11.4. The number of nitrogens with zero attached hydrogens (tertiary/aromatic N) is 1. The average molecular weight is 310 g/mol. The Morgan fingerprint density at radius 3 is 2.57 bits per heavy atom. The Balaban J connectivity index is 2.50. The topological polar surface area (TPSA) is 86.7 Å². The van der Waals surface area contributed by atoms with E-state index in [1.807, 2.05) is 0 Å². The molecule has 1 heterocycles. The number of hydrogen-bond acceptors (Lipinski definition) is 3. The number of nitrogens with one attached hydrogen (secondary N) is 1. The smallest absolute Gasteiger partial charge is 0.406 e. The first-order chi connectivity index (χ1) is 9.64. The van der Waals surface area contributed by atoms with Crippen LogP contribution in [-0.4, -0.2) is 53.6 Å². The number of rotatable bonds is 6. The minimum absolute atomic E-state index is 0.103.